The molecule has 1 aliphatic rings. The number of carbonyl (C=O) groups excluding carboxylic acids is 1. The Morgan fingerprint density at radius 1 is 1.19 bits per heavy atom. The van der Waals surface area contributed by atoms with Crippen LogP contribution in [0.4, 0.5) is 5.95 Å². The van der Waals surface area contributed by atoms with Crippen molar-refractivity contribution in [3.05, 3.63) is 46.1 Å². The van der Waals surface area contributed by atoms with Crippen LogP contribution in [0.2, 0.25) is 0 Å². The van der Waals surface area contributed by atoms with Crippen molar-refractivity contribution in [3.8, 4) is 11.8 Å². The fourth-order valence-electron chi connectivity index (χ4n) is 3.74. The van der Waals surface area contributed by atoms with Crippen molar-refractivity contribution in [2.45, 2.75) is 39.3 Å². The molecule has 0 radical (unpaired) electrons. The first-order valence-electron chi connectivity index (χ1n) is 10.3. The van der Waals surface area contributed by atoms with E-state index in [0.29, 0.717) is 28.8 Å². The van der Waals surface area contributed by atoms with E-state index in [2.05, 4.69) is 31.6 Å². The number of pyridine rings is 1. The molecule has 0 spiro atoms. The number of imidazole rings is 1. The van der Waals surface area contributed by atoms with Gasteiger partial charge in [0.15, 0.2) is 0 Å². The van der Waals surface area contributed by atoms with Gasteiger partial charge in [0.1, 0.15) is 11.0 Å². The van der Waals surface area contributed by atoms with Crippen molar-refractivity contribution in [2.75, 3.05) is 25.1 Å². The highest BCUT2D eigenvalue weighted by molar-refractivity contribution is 5.88. The summed E-state index contributed by atoms with van der Waals surface area (Å²) in [5.41, 5.74) is 1.77. The third-order valence-corrected chi connectivity index (χ3v) is 5.34. The highest BCUT2D eigenvalue weighted by Crippen LogP contribution is 2.23. The molecule has 9 heteroatoms. The molecule has 1 saturated heterocycles. The van der Waals surface area contributed by atoms with Crippen molar-refractivity contribution < 1.29 is 9.53 Å². The van der Waals surface area contributed by atoms with Crippen molar-refractivity contribution in [2.24, 2.45) is 0 Å². The van der Waals surface area contributed by atoms with Gasteiger partial charge in [0.25, 0.3) is 5.56 Å². The maximum atomic E-state index is 13.3. The number of fused-ring (bicyclic) bond motifs is 1. The highest BCUT2D eigenvalue weighted by atomic mass is 16.5. The molecule has 1 fully saturated rings. The Morgan fingerprint density at radius 2 is 2.00 bits per heavy atom. The SMILES string of the molecule is CC#CCn1c(N2CCCCC2)nc2cnn(Cc3ccc(C(=O)OC)cn3)c(=O)c21. The van der Waals surface area contributed by atoms with E-state index in [1.165, 1.54) is 24.4 Å². The number of rotatable bonds is 5. The summed E-state index contributed by atoms with van der Waals surface area (Å²) in [6, 6.07) is 3.30. The molecule has 0 aromatic carbocycles. The van der Waals surface area contributed by atoms with Crippen molar-refractivity contribution in [1.29, 1.82) is 0 Å². The standard InChI is InChI=1S/C22H24N6O3/c1-3-4-12-27-19-18(25-22(27)26-10-6-5-7-11-26)14-24-28(20(19)29)15-17-9-8-16(13-23-17)21(30)31-2/h8-9,13-14H,5-7,10-12,15H2,1-2H3. The minimum absolute atomic E-state index is 0.180. The molecule has 0 saturated carbocycles. The van der Waals surface area contributed by atoms with Gasteiger partial charge in [0.2, 0.25) is 5.95 Å². The third-order valence-electron chi connectivity index (χ3n) is 5.34. The number of hydrogen-bond acceptors (Lipinski definition) is 7. The highest BCUT2D eigenvalue weighted by Gasteiger charge is 2.21. The number of hydrogen-bond donors (Lipinski definition) is 0. The fourth-order valence-corrected chi connectivity index (χ4v) is 3.74. The van der Waals surface area contributed by atoms with E-state index in [0.717, 1.165) is 31.9 Å². The summed E-state index contributed by atoms with van der Waals surface area (Å²) >= 11 is 0. The lowest BCUT2D eigenvalue weighted by molar-refractivity contribution is 0.0600. The molecule has 0 N–H and O–H groups in total. The first kappa shape index (κ1) is 20.6. The smallest absolute Gasteiger partial charge is 0.339 e. The Labute approximate surface area is 179 Å². The van der Waals surface area contributed by atoms with Crippen molar-refractivity contribution in [1.82, 2.24) is 24.3 Å². The van der Waals surface area contributed by atoms with Crippen LogP contribution in [0.1, 0.15) is 42.2 Å². The van der Waals surface area contributed by atoms with Gasteiger partial charge >= 0.3 is 5.97 Å². The number of ether oxygens (including phenoxy) is 1. The molecular weight excluding hydrogens is 396 g/mol. The molecule has 31 heavy (non-hydrogen) atoms. The molecule has 0 amide bonds. The largest absolute Gasteiger partial charge is 0.465 e. The van der Waals surface area contributed by atoms with Gasteiger partial charge < -0.3 is 9.64 Å². The summed E-state index contributed by atoms with van der Waals surface area (Å²) in [6.45, 7) is 4.19. The van der Waals surface area contributed by atoms with E-state index >= 15 is 0 Å². The molecule has 0 aliphatic carbocycles. The molecule has 1 aliphatic heterocycles. The summed E-state index contributed by atoms with van der Waals surface area (Å²) in [5, 5.41) is 4.30. The minimum atomic E-state index is -0.457. The number of piperidine rings is 1. The number of carbonyl (C=O) groups is 1. The van der Waals surface area contributed by atoms with Gasteiger partial charge in [-0.1, -0.05) is 5.92 Å². The van der Waals surface area contributed by atoms with Crippen LogP contribution in [0.25, 0.3) is 11.0 Å². The molecular formula is C22H24N6O3. The van der Waals surface area contributed by atoms with Gasteiger partial charge in [-0.2, -0.15) is 5.10 Å². The maximum Gasteiger partial charge on any atom is 0.339 e. The molecule has 0 bridgehead atoms. The quantitative estimate of drug-likeness (QED) is 0.459. The van der Waals surface area contributed by atoms with Gasteiger partial charge in [-0.05, 0) is 38.3 Å². The molecule has 0 atom stereocenters. The van der Waals surface area contributed by atoms with Gasteiger partial charge in [-0.3, -0.25) is 14.3 Å². The zero-order valence-electron chi connectivity index (χ0n) is 17.7. The molecule has 0 unspecified atom stereocenters. The first-order valence-corrected chi connectivity index (χ1v) is 10.3. The molecule has 4 rings (SSSR count). The normalized spacial score (nSPS) is 13.7. The number of anilines is 1. The molecule has 3 aromatic rings. The first-order chi connectivity index (χ1) is 15.1. The van der Waals surface area contributed by atoms with Crippen LogP contribution in [0.15, 0.2) is 29.3 Å². The Morgan fingerprint density at radius 3 is 2.68 bits per heavy atom. The predicted octanol–water partition coefficient (Wildman–Crippen LogP) is 1.84. The van der Waals surface area contributed by atoms with Crippen LogP contribution in [0.5, 0.6) is 0 Å². The Balaban J connectivity index is 1.72. The monoisotopic (exact) mass is 420 g/mol. The van der Waals surface area contributed by atoms with E-state index in [-0.39, 0.29) is 12.1 Å². The zero-order chi connectivity index (χ0) is 21.8. The van der Waals surface area contributed by atoms with Gasteiger partial charge in [0.05, 0.1) is 37.7 Å². The third kappa shape index (κ3) is 4.14. The van der Waals surface area contributed by atoms with Crippen LogP contribution in [-0.2, 0) is 17.8 Å². The lowest BCUT2D eigenvalue weighted by Crippen LogP contribution is -2.32. The molecule has 4 heterocycles. The minimum Gasteiger partial charge on any atom is -0.465 e. The van der Waals surface area contributed by atoms with Crippen LogP contribution < -0.4 is 10.5 Å². The number of nitrogens with zero attached hydrogens (tertiary/aromatic N) is 6. The predicted molar refractivity (Wildman–Crippen MR) is 116 cm³/mol. The summed E-state index contributed by atoms with van der Waals surface area (Å²) in [5.74, 6) is 6.28. The number of aromatic nitrogens is 5. The fraction of sp³-hybridized carbons (Fsp3) is 0.409. The van der Waals surface area contributed by atoms with E-state index in [1.807, 2.05) is 4.57 Å². The van der Waals surface area contributed by atoms with E-state index in [1.54, 1.807) is 25.3 Å². The topological polar surface area (TPSA) is 95.1 Å². The average molecular weight is 420 g/mol. The Kier molecular flexibility index (Phi) is 5.98. The second-order valence-corrected chi connectivity index (χ2v) is 7.34. The number of methoxy groups -OCH3 is 1. The van der Waals surface area contributed by atoms with E-state index < -0.39 is 5.97 Å². The zero-order valence-corrected chi connectivity index (χ0v) is 17.7. The lowest BCUT2D eigenvalue weighted by Gasteiger charge is -2.27. The molecule has 3 aromatic heterocycles. The summed E-state index contributed by atoms with van der Waals surface area (Å²) in [7, 11) is 1.32. The van der Waals surface area contributed by atoms with Crippen LogP contribution in [0.3, 0.4) is 0 Å². The lowest BCUT2D eigenvalue weighted by atomic mass is 10.1. The van der Waals surface area contributed by atoms with Gasteiger partial charge in [-0.25, -0.2) is 14.5 Å². The second-order valence-electron chi connectivity index (χ2n) is 7.34. The van der Waals surface area contributed by atoms with Crippen LogP contribution in [-0.4, -0.2) is 50.5 Å². The van der Waals surface area contributed by atoms with Crippen molar-refractivity contribution >= 4 is 23.0 Å². The van der Waals surface area contributed by atoms with Crippen LogP contribution in [0, 0.1) is 11.8 Å². The molecule has 9 nitrogen and oxygen atoms in total. The Hall–Kier alpha value is -3.67. The summed E-state index contributed by atoms with van der Waals surface area (Å²) < 4.78 is 7.94. The average Bonchev–Trinajstić information content (AvgIpc) is 3.19. The van der Waals surface area contributed by atoms with E-state index in [9.17, 15) is 9.59 Å². The summed E-state index contributed by atoms with van der Waals surface area (Å²) in [4.78, 5) is 36.1. The van der Waals surface area contributed by atoms with E-state index in [4.69, 9.17) is 4.98 Å². The van der Waals surface area contributed by atoms with Gasteiger partial charge in [0, 0.05) is 19.3 Å². The molecule has 160 valence electrons. The van der Waals surface area contributed by atoms with Crippen molar-refractivity contribution in [3.63, 3.8) is 0 Å². The van der Waals surface area contributed by atoms with Crippen LogP contribution >= 0.6 is 0 Å². The van der Waals surface area contributed by atoms with Gasteiger partial charge in [-0.15, -0.1) is 5.92 Å². The Bertz CT molecular complexity index is 1210. The summed E-state index contributed by atoms with van der Waals surface area (Å²) in [6.07, 6.45) is 6.47. The number of esters is 1. The maximum absolute atomic E-state index is 13.3. The second kappa shape index (κ2) is 9.00.